The van der Waals surface area contributed by atoms with Crippen LogP contribution in [0.3, 0.4) is 0 Å². The Morgan fingerprint density at radius 2 is 2.06 bits per heavy atom. The van der Waals surface area contributed by atoms with E-state index in [1.807, 2.05) is 30.5 Å². The van der Waals surface area contributed by atoms with E-state index in [1.54, 1.807) is 13.8 Å². The number of ether oxygens (including phenoxy) is 1. The van der Waals surface area contributed by atoms with E-state index < -0.39 is 40.7 Å². The van der Waals surface area contributed by atoms with E-state index in [4.69, 9.17) is 10.5 Å². The fourth-order valence-electron chi connectivity index (χ4n) is 4.16. The van der Waals surface area contributed by atoms with Gasteiger partial charge in [0.05, 0.1) is 25.7 Å². The number of carboxylic acid groups (broad SMARTS) is 1. The number of hydrogen-bond donors (Lipinski definition) is 5. The van der Waals surface area contributed by atoms with Crippen molar-refractivity contribution in [3.63, 3.8) is 0 Å². The van der Waals surface area contributed by atoms with E-state index in [2.05, 4.69) is 23.4 Å². The summed E-state index contributed by atoms with van der Waals surface area (Å²) in [6, 6.07) is 4.85. The number of rotatable bonds is 12. The summed E-state index contributed by atoms with van der Waals surface area (Å²) in [5, 5.41) is 14.3. The highest BCUT2D eigenvalue weighted by molar-refractivity contribution is 7.98. The molecule has 1 aliphatic rings. The zero-order valence-electron chi connectivity index (χ0n) is 19.4. The fourth-order valence-corrected chi connectivity index (χ4v) is 5.12. The second-order valence-electron chi connectivity index (χ2n) is 8.48. The summed E-state index contributed by atoms with van der Waals surface area (Å²) in [4.78, 5) is 38.6. The molecule has 0 spiro atoms. The van der Waals surface area contributed by atoms with Gasteiger partial charge in [-0.2, -0.15) is 24.4 Å². The first-order valence-electron chi connectivity index (χ1n) is 10.7. The molecule has 5 N–H and O–H groups in total. The molecule has 1 aromatic carbocycles. The number of hydrogen-bond acceptors (Lipinski definition) is 10. The Balaban J connectivity index is 2.43. The molecule has 0 aliphatic carbocycles. The summed E-state index contributed by atoms with van der Waals surface area (Å²) >= 11 is 5.83. The topological polar surface area (TPSA) is 134 Å². The Hall–Kier alpha value is -1.63. The van der Waals surface area contributed by atoms with E-state index in [9.17, 15) is 19.5 Å². The van der Waals surface area contributed by atoms with Crippen LogP contribution in [0.15, 0.2) is 24.3 Å². The molecule has 33 heavy (non-hydrogen) atoms. The minimum Gasteiger partial charge on any atom is -0.480 e. The van der Waals surface area contributed by atoms with Crippen LogP contribution in [-0.2, 0) is 25.5 Å². The Kier molecular flexibility index (Phi) is 10.2. The second-order valence-corrected chi connectivity index (χ2v) is 10.5. The van der Waals surface area contributed by atoms with Crippen LogP contribution < -0.4 is 16.5 Å². The predicted molar refractivity (Wildman–Crippen MR) is 132 cm³/mol. The number of nitrogens with one attached hydrogen (secondary N) is 2. The number of benzene rings is 1. The number of ketones is 1. The van der Waals surface area contributed by atoms with Crippen molar-refractivity contribution < 1.29 is 24.2 Å². The van der Waals surface area contributed by atoms with Crippen LogP contribution >= 0.6 is 24.4 Å². The molecule has 1 aromatic rings. The number of aliphatic carboxylic acids is 1. The highest BCUT2D eigenvalue weighted by atomic mass is 32.2. The van der Waals surface area contributed by atoms with Crippen molar-refractivity contribution in [1.82, 2.24) is 15.8 Å². The van der Waals surface area contributed by atoms with Crippen molar-refractivity contribution in [2.45, 2.75) is 43.1 Å². The molecular weight excluding hydrogens is 464 g/mol. The molecular formula is C22H34N4O5S2. The Morgan fingerprint density at radius 3 is 2.61 bits per heavy atom. The number of esters is 1. The van der Waals surface area contributed by atoms with Gasteiger partial charge in [-0.25, -0.2) is 10.4 Å². The number of hydrazine groups is 1. The third kappa shape index (κ3) is 6.71. The van der Waals surface area contributed by atoms with E-state index in [-0.39, 0.29) is 12.5 Å². The number of carboxylic acids is 1. The summed E-state index contributed by atoms with van der Waals surface area (Å²) in [5.41, 5.74) is 10.8. The molecule has 0 fully saturated rings. The van der Waals surface area contributed by atoms with Gasteiger partial charge in [-0.15, -0.1) is 0 Å². The van der Waals surface area contributed by atoms with Crippen LogP contribution in [0.5, 0.6) is 0 Å². The van der Waals surface area contributed by atoms with Gasteiger partial charge in [-0.1, -0.05) is 24.3 Å². The average Bonchev–Trinajstić information content (AvgIpc) is 2.77. The van der Waals surface area contributed by atoms with Gasteiger partial charge >= 0.3 is 11.9 Å². The first-order chi connectivity index (χ1) is 15.6. The molecule has 184 valence electrons. The number of carbonyl (C=O) groups excluding carboxylic acids is 2. The van der Waals surface area contributed by atoms with Crippen molar-refractivity contribution >= 4 is 42.1 Å². The molecule has 2 rings (SSSR count). The maximum atomic E-state index is 13.8. The number of Topliss-reactive ketones (excluding diaryl/α,β-unsaturated/α-hetero) is 1. The third-order valence-electron chi connectivity index (χ3n) is 5.68. The highest BCUT2D eigenvalue weighted by Crippen LogP contribution is 2.29. The molecule has 1 heterocycles. The number of methoxy groups -OCH3 is 1. The lowest BCUT2D eigenvalue weighted by molar-refractivity contribution is -0.154. The van der Waals surface area contributed by atoms with Gasteiger partial charge in [0.1, 0.15) is 12.1 Å². The molecule has 11 heteroatoms. The van der Waals surface area contributed by atoms with Gasteiger partial charge in [0.2, 0.25) is 0 Å². The number of carbonyl (C=O) groups is 3. The molecule has 0 aromatic heterocycles. The van der Waals surface area contributed by atoms with Crippen molar-refractivity contribution in [3.8, 4) is 0 Å². The van der Waals surface area contributed by atoms with Gasteiger partial charge in [-0.05, 0) is 37.7 Å². The van der Waals surface area contributed by atoms with Crippen LogP contribution in [0.4, 0.5) is 0 Å². The van der Waals surface area contributed by atoms with Gasteiger partial charge in [-0.3, -0.25) is 14.4 Å². The van der Waals surface area contributed by atoms with E-state index in [0.717, 1.165) is 17.5 Å². The summed E-state index contributed by atoms with van der Waals surface area (Å²) in [6.07, 6.45) is 2.65. The van der Waals surface area contributed by atoms with Crippen LogP contribution in [0.1, 0.15) is 31.0 Å². The van der Waals surface area contributed by atoms with Crippen LogP contribution in [0.25, 0.3) is 0 Å². The number of thiol groups is 1. The summed E-state index contributed by atoms with van der Waals surface area (Å²) < 4.78 is 4.00. The summed E-state index contributed by atoms with van der Waals surface area (Å²) in [7, 11) is 1.23. The van der Waals surface area contributed by atoms with E-state index >= 15 is 0 Å². The molecule has 0 saturated heterocycles. The molecule has 1 aliphatic heterocycles. The number of nitrogens with zero attached hydrogens (tertiary/aromatic N) is 1. The first kappa shape index (κ1) is 27.6. The Morgan fingerprint density at radius 1 is 1.39 bits per heavy atom. The molecule has 4 atom stereocenters. The van der Waals surface area contributed by atoms with Gasteiger partial charge in [0.25, 0.3) is 0 Å². The van der Waals surface area contributed by atoms with E-state index in [0.29, 0.717) is 12.3 Å². The second kappa shape index (κ2) is 12.2. The maximum Gasteiger partial charge on any atom is 0.325 e. The monoisotopic (exact) mass is 498 g/mol. The Labute approximate surface area is 204 Å². The van der Waals surface area contributed by atoms with Crippen LogP contribution in [0, 0.1) is 5.92 Å². The Bertz CT molecular complexity index is 848. The average molecular weight is 499 g/mol. The lowest BCUT2D eigenvalue weighted by Crippen LogP contribution is -2.64. The fraction of sp³-hybridized carbons (Fsp3) is 0.591. The maximum absolute atomic E-state index is 13.8. The molecule has 0 radical (unpaired) electrons. The highest BCUT2D eigenvalue weighted by Gasteiger charge is 2.43. The standard InChI is InChI=1S/C22H34N4O5S2/c1-22(2,32)19(20(28)29)26(12-23)25-17(21(30)31-3)15(11-33-4)18(27)16-14-8-6-5-7-13(14)9-10-24-16/h5-8,15-17,19,24-25,32H,9-12,23H2,1-4H3,(H,28,29)/t15-,16?,17-,19+/m0/s1. The molecule has 0 saturated carbocycles. The summed E-state index contributed by atoms with van der Waals surface area (Å²) in [6.45, 7) is 3.69. The molecule has 0 amide bonds. The van der Waals surface area contributed by atoms with Gasteiger partial charge in [0, 0.05) is 17.0 Å². The number of thioether (sulfide) groups is 1. The zero-order chi connectivity index (χ0) is 24.8. The van der Waals surface area contributed by atoms with Crippen molar-refractivity contribution in [3.05, 3.63) is 35.4 Å². The SMILES string of the molecule is COC(=O)[C@@H](NN(CN)[C@H](C(=O)O)C(C)(C)S)[C@H](CSC)C(=O)C1NCCc2ccccc21. The number of fused-ring (bicyclic) bond motifs is 1. The largest absolute Gasteiger partial charge is 0.480 e. The lowest BCUT2D eigenvalue weighted by atomic mass is 9.85. The third-order valence-corrected chi connectivity index (χ3v) is 6.62. The van der Waals surface area contributed by atoms with Gasteiger partial charge < -0.3 is 20.9 Å². The lowest BCUT2D eigenvalue weighted by Gasteiger charge is -2.39. The normalized spacial score (nSPS) is 18.8. The quantitative estimate of drug-likeness (QED) is 0.122. The zero-order valence-corrected chi connectivity index (χ0v) is 21.1. The molecule has 9 nitrogen and oxygen atoms in total. The predicted octanol–water partition coefficient (Wildman–Crippen LogP) is 0.848. The summed E-state index contributed by atoms with van der Waals surface area (Å²) in [5.74, 6) is -2.49. The van der Waals surface area contributed by atoms with E-state index in [1.165, 1.54) is 23.9 Å². The molecule has 1 unspecified atom stereocenters. The van der Waals surface area contributed by atoms with Gasteiger partial charge in [0.15, 0.2) is 5.78 Å². The smallest absolute Gasteiger partial charge is 0.325 e. The van der Waals surface area contributed by atoms with Crippen molar-refractivity contribution in [2.75, 3.05) is 32.3 Å². The minimum atomic E-state index is -1.17. The van der Waals surface area contributed by atoms with Crippen LogP contribution in [-0.4, -0.2) is 77.0 Å². The minimum absolute atomic E-state index is 0.173. The first-order valence-corrected chi connectivity index (χ1v) is 12.5. The number of nitrogens with two attached hydrogens (primary N) is 1. The van der Waals surface area contributed by atoms with Crippen molar-refractivity contribution in [2.24, 2.45) is 11.7 Å². The molecule has 0 bridgehead atoms. The van der Waals surface area contributed by atoms with Crippen LogP contribution in [0.2, 0.25) is 0 Å². The van der Waals surface area contributed by atoms with Crippen molar-refractivity contribution in [1.29, 1.82) is 0 Å².